The van der Waals surface area contributed by atoms with Gasteiger partial charge in [0.15, 0.2) is 6.20 Å². The minimum Gasteiger partial charge on any atom is -0.454 e. The topological polar surface area (TPSA) is 17.0 Å². The molecule has 38 heavy (non-hydrogen) atoms. The molecule has 0 saturated heterocycles. The molecule has 2 heterocycles. The molecule has 0 radical (unpaired) electrons. The van der Waals surface area contributed by atoms with Gasteiger partial charge < -0.3 is 4.42 Å². The van der Waals surface area contributed by atoms with Crippen LogP contribution in [0.4, 0.5) is 4.39 Å². The molecule has 0 aliphatic heterocycles. The van der Waals surface area contributed by atoms with Crippen molar-refractivity contribution in [3.05, 3.63) is 89.9 Å². The largest absolute Gasteiger partial charge is 0.454 e. The Morgan fingerprint density at radius 1 is 0.842 bits per heavy atom. The number of pyridine rings is 1. The number of fused-ring (bicyclic) bond motifs is 3. The number of aryl methyl sites for hydroxylation is 2. The van der Waals surface area contributed by atoms with Crippen LogP contribution in [-0.2, 0) is 7.05 Å². The normalized spacial score (nSPS) is 18.4. The van der Waals surface area contributed by atoms with Gasteiger partial charge in [-0.05, 0) is 84.7 Å². The zero-order valence-electron chi connectivity index (χ0n) is 23.1. The molecule has 2 aromatic heterocycles. The number of furan rings is 1. The van der Waals surface area contributed by atoms with Gasteiger partial charge in [0.05, 0.1) is 10.9 Å². The highest BCUT2D eigenvalue weighted by Crippen LogP contribution is 2.44. The minimum atomic E-state index is -0.248. The average Bonchev–Trinajstić information content (AvgIpc) is 3.30. The molecule has 1 aliphatic carbocycles. The summed E-state index contributed by atoms with van der Waals surface area (Å²) in [5.74, 6) is 1.19. The maximum absolute atomic E-state index is 15.3. The van der Waals surface area contributed by atoms with Crippen molar-refractivity contribution in [2.24, 2.45) is 18.4 Å². The standard InChI is InChI=1S/C35H37FNO/c1-22-9-18-28-32-29(36)20-19-27(33(32)38-34(28)31(22)30-8-6-7-21-37(30)5)25-12-10-23(11-13-25)24-14-16-26(17-15-24)35(2,3)4/h6-13,18-21,24,26H,14-17H2,1-5H3/q+1. The maximum Gasteiger partial charge on any atom is 0.216 e. The monoisotopic (exact) mass is 506 g/mol. The number of rotatable bonds is 3. The van der Waals surface area contributed by atoms with Crippen molar-refractivity contribution in [2.45, 2.75) is 59.3 Å². The first-order valence-corrected chi connectivity index (χ1v) is 13.9. The highest BCUT2D eigenvalue weighted by Gasteiger charge is 2.30. The predicted molar refractivity (Wildman–Crippen MR) is 155 cm³/mol. The third-order valence-corrected chi connectivity index (χ3v) is 8.90. The van der Waals surface area contributed by atoms with Gasteiger partial charge in [0.25, 0.3) is 0 Å². The third-order valence-electron chi connectivity index (χ3n) is 8.90. The molecular weight excluding hydrogens is 469 g/mol. The van der Waals surface area contributed by atoms with Crippen LogP contribution in [0.15, 0.2) is 77.3 Å². The smallest absolute Gasteiger partial charge is 0.216 e. The molecule has 1 fully saturated rings. The lowest BCUT2D eigenvalue weighted by atomic mass is 9.68. The van der Waals surface area contributed by atoms with Crippen molar-refractivity contribution >= 4 is 21.9 Å². The Labute approximate surface area is 225 Å². The van der Waals surface area contributed by atoms with Crippen LogP contribution in [0.2, 0.25) is 0 Å². The Bertz CT molecular complexity index is 1630. The maximum atomic E-state index is 15.3. The fraction of sp³-hybridized carbons (Fsp3) is 0.343. The SMILES string of the molecule is Cc1ccc2c(oc3c(-c4ccc(C5CCC(C(C)(C)C)CC5)cc4)ccc(F)c32)c1-c1cccc[n+]1C. The molecule has 5 aromatic rings. The van der Waals surface area contributed by atoms with Crippen molar-refractivity contribution in [3.8, 4) is 22.4 Å². The van der Waals surface area contributed by atoms with Crippen LogP contribution < -0.4 is 4.57 Å². The lowest BCUT2D eigenvalue weighted by molar-refractivity contribution is -0.660. The summed E-state index contributed by atoms with van der Waals surface area (Å²) in [6, 6.07) is 22.5. The molecule has 6 rings (SSSR count). The lowest BCUT2D eigenvalue weighted by Gasteiger charge is -2.37. The van der Waals surface area contributed by atoms with Crippen LogP contribution in [0.5, 0.6) is 0 Å². The van der Waals surface area contributed by atoms with Crippen LogP contribution in [-0.4, -0.2) is 0 Å². The molecule has 3 heteroatoms. The van der Waals surface area contributed by atoms with E-state index in [9.17, 15) is 0 Å². The van der Waals surface area contributed by atoms with Crippen LogP contribution >= 0.6 is 0 Å². The van der Waals surface area contributed by atoms with Crippen molar-refractivity contribution in [2.75, 3.05) is 0 Å². The predicted octanol–water partition coefficient (Wildman–Crippen LogP) is 9.51. The Balaban J connectivity index is 1.41. The molecule has 0 amide bonds. The first-order chi connectivity index (χ1) is 18.2. The number of halogens is 1. The quantitative estimate of drug-likeness (QED) is 0.223. The second-order valence-electron chi connectivity index (χ2n) is 12.3. The summed E-state index contributed by atoms with van der Waals surface area (Å²) in [4.78, 5) is 0. The highest BCUT2D eigenvalue weighted by atomic mass is 19.1. The van der Waals surface area contributed by atoms with E-state index in [1.54, 1.807) is 6.07 Å². The van der Waals surface area contributed by atoms with Gasteiger partial charge in [-0.3, -0.25) is 0 Å². The Kier molecular flexibility index (Phi) is 6.13. The van der Waals surface area contributed by atoms with Gasteiger partial charge >= 0.3 is 0 Å². The van der Waals surface area contributed by atoms with Gasteiger partial charge in [-0.2, -0.15) is 0 Å². The van der Waals surface area contributed by atoms with E-state index in [2.05, 4.69) is 68.7 Å². The van der Waals surface area contributed by atoms with Gasteiger partial charge in [-0.25, -0.2) is 8.96 Å². The zero-order chi connectivity index (χ0) is 26.6. The molecular formula is C35H37FNO+. The van der Waals surface area contributed by atoms with Crippen LogP contribution in [0.1, 0.15) is 63.5 Å². The summed E-state index contributed by atoms with van der Waals surface area (Å²) in [5.41, 5.74) is 8.31. The number of hydrogen-bond donors (Lipinski definition) is 0. The molecule has 3 aromatic carbocycles. The van der Waals surface area contributed by atoms with E-state index in [1.807, 2.05) is 37.5 Å². The zero-order valence-corrected chi connectivity index (χ0v) is 23.1. The molecule has 2 nitrogen and oxygen atoms in total. The second-order valence-corrected chi connectivity index (χ2v) is 12.3. The molecule has 0 spiro atoms. The molecule has 0 atom stereocenters. The molecule has 1 aliphatic rings. The van der Waals surface area contributed by atoms with Gasteiger partial charge in [0.2, 0.25) is 5.69 Å². The van der Waals surface area contributed by atoms with Gasteiger partial charge in [-0.1, -0.05) is 57.2 Å². The van der Waals surface area contributed by atoms with Crippen molar-refractivity contribution in [1.29, 1.82) is 0 Å². The molecule has 0 bridgehead atoms. The van der Waals surface area contributed by atoms with Crippen LogP contribution in [0.3, 0.4) is 0 Å². The van der Waals surface area contributed by atoms with E-state index < -0.39 is 0 Å². The van der Waals surface area contributed by atoms with E-state index >= 15 is 4.39 Å². The Morgan fingerprint density at radius 3 is 2.26 bits per heavy atom. The Morgan fingerprint density at radius 2 is 1.58 bits per heavy atom. The number of benzene rings is 3. The first kappa shape index (κ1) is 24.9. The fourth-order valence-electron chi connectivity index (χ4n) is 6.56. The van der Waals surface area contributed by atoms with Gasteiger partial charge in [0, 0.05) is 23.1 Å². The second kappa shape index (κ2) is 9.38. The van der Waals surface area contributed by atoms with Crippen LogP contribution in [0.25, 0.3) is 44.3 Å². The summed E-state index contributed by atoms with van der Waals surface area (Å²) in [6.07, 6.45) is 7.14. The number of nitrogens with zero attached hydrogens (tertiary/aromatic N) is 1. The van der Waals surface area contributed by atoms with E-state index in [4.69, 9.17) is 4.42 Å². The van der Waals surface area contributed by atoms with E-state index in [-0.39, 0.29) is 5.82 Å². The Hall–Kier alpha value is -3.46. The summed E-state index contributed by atoms with van der Waals surface area (Å²) in [6.45, 7) is 9.20. The van der Waals surface area contributed by atoms with Gasteiger partial charge in [-0.15, -0.1) is 0 Å². The summed E-state index contributed by atoms with van der Waals surface area (Å²) >= 11 is 0. The minimum absolute atomic E-state index is 0.248. The van der Waals surface area contributed by atoms with Crippen molar-refractivity contribution in [1.82, 2.24) is 0 Å². The number of aromatic nitrogens is 1. The first-order valence-electron chi connectivity index (χ1n) is 13.9. The average molecular weight is 507 g/mol. The van der Waals surface area contributed by atoms with E-state index in [1.165, 1.54) is 31.2 Å². The lowest BCUT2D eigenvalue weighted by Crippen LogP contribution is -2.30. The summed E-state index contributed by atoms with van der Waals surface area (Å²) in [7, 11) is 2.03. The highest BCUT2D eigenvalue weighted by molar-refractivity contribution is 6.13. The van der Waals surface area contributed by atoms with Crippen molar-refractivity contribution in [3.63, 3.8) is 0 Å². The summed E-state index contributed by atoms with van der Waals surface area (Å²) < 4.78 is 24.0. The number of hydrogen-bond acceptors (Lipinski definition) is 1. The fourth-order valence-corrected chi connectivity index (χ4v) is 6.56. The van der Waals surface area contributed by atoms with Gasteiger partial charge in [0.1, 0.15) is 24.0 Å². The summed E-state index contributed by atoms with van der Waals surface area (Å²) in [5, 5.41) is 1.37. The van der Waals surface area contributed by atoms with E-state index in [0.717, 1.165) is 44.8 Å². The molecule has 0 N–H and O–H groups in total. The van der Waals surface area contributed by atoms with Crippen LogP contribution in [0, 0.1) is 24.1 Å². The van der Waals surface area contributed by atoms with E-state index in [0.29, 0.717) is 22.3 Å². The molecule has 0 unspecified atom stereocenters. The third kappa shape index (κ3) is 4.22. The molecule has 194 valence electrons. The van der Waals surface area contributed by atoms with Crippen molar-refractivity contribution < 1.29 is 13.4 Å². The molecule has 1 saturated carbocycles.